The molecule has 0 saturated heterocycles. The second-order valence-electron chi connectivity index (χ2n) is 6.64. The Hall–Kier alpha value is -2.62. The van der Waals surface area contributed by atoms with Gasteiger partial charge in [-0.25, -0.2) is 0 Å². The summed E-state index contributed by atoms with van der Waals surface area (Å²) in [6.45, 7) is 6.49. The smallest absolute Gasteiger partial charge is 0.130 e. The second kappa shape index (κ2) is 9.91. The Bertz CT molecular complexity index is 797. The molecule has 1 aliphatic heterocycles. The first-order chi connectivity index (χ1) is 13.3. The van der Waals surface area contributed by atoms with E-state index in [-0.39, 0.29) is 0 Å². The molecule has 27 heavy (non-hydrogen) atoms. The van der Waals surface area contributed by atoms with E-state index in [0.29, 0.717) is 13.2 Å². The number of rotatable bonds is 8. The fraction of sp³-hybridized carbons (Fsp3) is 0.391. The topological polar surface area (TPSA) is 43.7 Å². The molecule has 4 nitrogen and oxygen atoms in total. The summed E-state index contributed by atoms with van der Waals surface area (Å²) < 4.78 is 11.8. The minimum atomic E-state index is 0.691. The number of allylic oxidation sites excluding steroid dienone is 1. The van der Waals surface area contributed by atoms with Crippen LogP contribution in [0.1, 0.15) is 50.7 Å². The highest BCUT2D eigenvalue weighted by molar-refractivity contribution is 6.15. The van der Waals surface area contributed by atoms with Crippen molar-refractivity contribution in [3.05, 3.63) is 59.4 Å². The van der Waals surface area contributed by atoms with Gasteiger partial charge >= 0.3 is 0 Å². The summed E-state index contributed by atoms with van der Waals surface area (Å²) in [7, 11) is 0. The van der Waals surface area contributed by atoms with Crippen molar-refractivity contribution >= 4 is 11.8 Å². The lowest BCUT2D eigenvalue weighted by molar-refractivity contribution is 0.301. The van der Waals surface area contributed by atoms with Crippen LogP contribution < -0.4 is 9.47 Å². The van der Waals surface area contributed by atoms with Gasteiger partial charge in [0.15, 0.2) is 0 Å². The lowest BCUT2D eigenvalue weighted by atomic mass is 9.94. The van der Waals surface area contributed by atoms with Crippen molar-refractivity contribution in [1.82, 2.24) is 4.98 Å². The third-order valence-corrected chi connectivity index (χ3v) is 4.36. The molecule has 0 fully saturated rings. The van der Waals surface area contributed by atoms with Crippen molar-refractivity contribution in [3.63, 3.8) is 0 Å². The van der Waals surface area contributed by atoms with Crippen molar-refractivity contribution in [2.45, 2.75) is 39.5 Å². The molecule has 0 unspecified atom stereocenters. The quantitative estimate of drug-likeness (QED) is 0.636. The number of aliphatic imine (C=N–C) groups is 1. The molecule has 1 aliphatic rings. The predicted molar refractivity (Wildman–Crippen MR) is 111 cm³/mol. The molecule has 4 heteroatoms. The fourth-order valence-electron chi connectivity index (χ4n) is 3.07. The standard InChI is InChI=1S/C23H28N2O2/c1-3-13-26-21-10-9-18(22(16-21)27-14-4-2)15-19-7-6-12-25-23(19)20-8-5-11-24-17-20/h5,8-11,15-17H,3-4,6-7,12-14H2,1-2H3/b19-15+. The summed E-state index contributed by atoms with van der Waals surface area (Å²) in [5.41, 5.74) is 4.42. The normalized spacial score (nSPS) is 15.5. The predicted octanol–water partition coefficient (Wildman–Crippen LogP) is 5.33. The largest absolute Gasteiger partial charge is 0.493 e. The van der Waals surface area contributed by atoms with Gasteiger partial charge in [0.2, 0.25) is 0 Å². The van der Waals surface area contributed by atoms with E-state index >= 15 is 0 Å². The van der Waals surface area contributed by atoms with E-state index in [0.717, 1.165) is 60.6 Å². The summed E-state index contributed by atoms with van der Waals surface area (Å²) in [6, 6.07) is 10.1. The van der Waals surface area contributed by atoms with Crippen LogP contribution in [-0.4, -0.2) is 30.5 Å². The van der Waals surface area contributed by atoms with E-state index in [2.05, 4.69) is 37.0 Å². The van der Waals surface area contributed by atoms with Gasteiger partial charge in [-0.15, -0.1) is 0 Å². The van der Waals surface area contributed by atoms with Crippen molar-refractivity contribution in [2.75, 3.05) is 19.8 Å². The fourth-order valence-corrected chi connectivity index (χ4v) is 3.07. The molecular formula is C23H28N2O2. The number of hydrogen-bond acceptors (Lipinski definition) is 4. The first-order valence-corrected chi connectivity index (χ1v) is 9.87. The van der Waals surface area contributed by atoms with Gasteiger partial charge in [-0.3, -0.25) is 9.98 Å². The van der Waals surface area contributed by atoms with Crippen molar-refractivity contribution in [3.8, 4) is 11.5 Å². The van der Waals surface area contributed by atoms with Gasteiger partial charge in [0.1, 0.15) is 11.5 Å². The molecule has 142 valence electrons. The molecule has 0 saturated carbocycles. The lowest BCUT2D eigenvalue weighted by Crippen LogP contribution is -2.12. The first kappa shape index (κ1) is 19.2. The number of hydrogen-bond donors (Lipinski definition) is 0. The molecule has 2 aromatic rings. The van der Waals surface area contributed by atoms with Crippen LogP contribution >= 0.6 is 0 Å². The summed E-state index contributed by atoms with van der Waals surface area (Å²) in [6.07, 6.45) is 9.92. The Balaban J connectivity index is 1.93. The van der Waals surface area contributed by atoms with Gasteiger partial charge in [-0.1, -0.05) is 13.8 Å². The second-order valence-corrected chi connectivity index (χ2v) is 6.64. The molecule has 0 aliphatic carbocycles. The van der Waals surface area contributed by atoms with Crippen LogP contribution in [0.3, 0.4) is 0 Å². The summed E-state index contributed by atoms with van der Waals surface area (Å²) in [4.78, 5) is 9.02. The Morgan fingerprint density at radius 2 is 1.93 bits per heavy atom. The van der Waals surface area contributed by atoms with E-state index in [9.17, 15) is 0 Å². The van der Waals surface area contributed by atoms with Gasteiger partial charge in [0, 0.05) is 36.1 Å². The third-order valence-electron chi connectivity index (χ3n) is 4.36. The van der Waals surface area contributed by atoms with E-state index in [1.165, 1.54) is 5.57 Å². The van der Waals surface area contributed by atoms with Gasteiger partial charge in [-0.05, 0) is 61.6 Å². The van der Waals surface area contributed by atoms with Gasteiger partial charge < -0.3 is 9.47 Å². The van der Waals surface area contributed by atoms with Crippen LogP contribution in [0.4, 0.5) is 0 Å². The minimum absolute atomic E-state index is 0.691. The van der Waals surface area contributed by atoms with Crippen LogP contribution in [0.5, 0.6) is 11.5 Å². The average Bonchev–Trinajstić information content (AvgIpc) is 2.73. The summed E-state index contributed by atoms with van der Waals surface area (Å²) >= 11 is 0. The van der Waals surface area contributed by atoms with Crippen molar-refractivity contribution < 1.29 is 9.47 Å². The summed E-state index contributed by atoms with van der Waals surface area (Å²) in [5, 5.41) is 0. The molecule has 0 bridgehead atoms. The third kappa shape index (κ3) is 5.19. The monoisotopic (exact) mass is 364 g/mol. The van der Waals surface area contributed by atoms with E-state index < -0.39 is 0 Å². The Labute approximate surface area is 162 Å². The van der Waals surface area contributed by atoms with Crippen LogP contribution in [0.25, 0.3) is 6.08 Å². The summed E-state index contributed by atoms with van der Waals surface area (Å²) in [5.74, 6) is 1.73. The van der Waals surface area contributed by atoms with Crippen LogP contribution in [0.15, 0.2) is 53.3 Å². The molecule has 0 amide bonds. The minimum Gasteiger partial charge on any atom is -0.493 e. The zero-order chi connectivity index (χ0) is 18.9. The van der Waals surface area contributed by atoms with Crippen LogP contribution in [0.2, 0.25) is 0 Å². The van der Waals surface area contributed by atoms with Crippen molar-refractivity contribution in [1.29, 1.82) is 0 Å². The maximum Gasteiger partial charge on any atom is 0.130 e. The molecular weight excluding hydrogens is 336 g/mol. The molecule has 0 atom stereocenters. The van der Waals surface area contributed by atoms with E-state index in [1.54, 1.807) is 6.20 Å². The highest BCUT2D eigenvalue weighted by atomic mass is 16.5. The number of benzene rings is 1. The number of pyridine rings is 1. The zero-order valence-electron chi connectivity index (χ0n) is 16.3. The molecule has 0 spiro atoms. The van der Waals surface area contributed by atoms with Gasteiger partial charge in [0.05, 0.1) is 18.9 Å². The van der Waals surface area contributed by atoms with Crippen LogP contribution in [0, 0.1) is 0 Å². The van der Waals surface area contributed by atoms with Gasteiger partial charge in [0.25, 0.3) is 0 Å². The highest BCUT2D eigenvalue weighted by Crippen LogP contribution is 2.30. The van der Waals surface area contributed by atoms with Crippen LogP contribution in [-0.2, 0) is 0 Å². The van der Waals surface area contributed by atoms with Crippen molar-refractivity contribution in [2.24, 2.45) is 4.99 Å². The number of ether oxygens (including phenoxy) is 2. The SMILES string of the molecule is CCCOc1ccc(/C=C2\CCCN=C2c2cccnc2)c(OCCC)c1. The molecule has 0 N–H and O–H groups in total. The Morgan fingerprint density at radius 3 is 2.70 bits per heavy atom. The zero-order valence-corrected chi connectivity index (χ0v) is 16.3. The maximum atomic E-state index is 6.01. The highest BCUT2D eigenvalue weighted by Gasteiger charge is 2.15. The van der Waals surface area contributed by atoms with E-state index in [1.807, 2.05) is 24.4 Å². The maximum absolute atomic E-state index is 6.01. The molecule has 1 aromatic heterocycles. The van der Waals surface area contributed by atoms with E-state index in [4.69, 9.17) is 14.5 Å². The number of aromatic nitrogens is 1. The number of nitrogens with zero attached hydrogens (tertiary/aromatic N) is 2. The lowest BCUT2D eigenvalue weighted by Gasteiger charge is -2.17. The molecule has 2 heterocycles. The Kier molecular flexibility index (Phi) is 7.03. The molecule has 1 aromatic carbocycles. The molecule has 0 radical (unpaired) electrons. The molecule has 3 rings (SSSR count). The van der Waals surface area contributed by atoms with Gasteiger partial charge in [-0.2, -0.15) is 0 Å². The Morgan fingerprint density at radius 1 is 1.07 bits per heavy atom. The first-order valence-electron chi connectivity index (χ1n) is 9.87. The average molecular weight is 364 g/mol.